The maximum Gasteiger partial charge on any atom is 0.223 e. The summed E-state index contributed by atoms with van der Waals surface area (Å²) in [7, 11) is -3.01. The van der Waals surface area contributed by atoms with E-state index in [2.05, 4.69) is 20.8 Å². The topological polar surface area (TPSA) is 114 Å². The lowest BCUT2D eigenvalue weighted by Crippen LogP contribution is -2.47. The number of aryl methyl sites for hydroxylation is 1. The maximum atomic E-state index is 11.7. The molecule has 0 saturated carbocycles. The van der Waals surface area contributed by atoms with Crippen LogP contribution in [0.25, 0.3) is 0 Å². The van der Waals surface area contributed by atoms with Gasteiger partial charge in [-0.15, -0.1) is 0 Å². The highest BCUT2D eigenvalue weighted by molar-refractivity contribution is 7.91. The van der Waals surface area contributed by atoms with Crippen molar-refractivity contribution in [2.75, 3.05) is 24.6 Å². The molecule has 1 saturated heterocycles. The Hall–Kier alpha value is -1.48. The van der Waals surface area contributed by atoms with Gasteiger partial charge in [-0.2, -0.15) is 4.98 Å². The number of nitrogens with one attached hydrogen (secondary N) is 2. The fourth-order valence-corrected chi connectivity index (χ4v) is 3.50. The Bertz CT molecular complexity index is 569. The van der Waals surface area contributed by atoms with Crippen LogP contribution in [-0.4, -0.2) is 55.1 Å². The zero-order chi connectivity index (χ0) is 14.6. The number of carbonyl (C=O) groups is 1. The minimum absolute atomic E-state index is 0.0183. The summed E-state index contributed by atoms with van der Waals surface area (Å²) in [6, 6.07) is -0.304. The number of nitrogens with zero attached hydrogens (tertiary/aromatic N) is 2. The summed E-state index contributed by atoms with van der Waals surface area (Å²) < 4.78 is 27.7. The molecule has 1 unspecified atom stereocenters. The Balaban J connectivity index is 1.70. The highest BCUT2D eigenvalue weighted by Crippen LogP contribution is 2.04. The fourth-order valence-electron chi connectivity index (χ4n) is 2.05. The molecule has 8 nitrogen and oxygen atoms in total. The van der Waals surface area contributed by atoms with Crippen molar-refractivity contribution in [3.05, 3.63) is 11.7 Å². The smallest absolute Gasteiger partial charge is 0.223 e. The molecular weight excluding hydrogens is 284 g/mol. The van der Waals surface area contributed by atoms with Crippen molar-refractivity contribution in [2.24, 2.45) is 0 Å². The third-order valence-electron chi connectivity index (χ3n) is 2.97. The lowest BCUT2D eigenvalue weighted by molar-refractivity contribution is -0.121. The van der Waals surface area contributed by atoms with Gasteiger partial charge < -0.3 is 15.2 Å². The van der Waals surface area contributed by atoms with Gasteiger partial charge in [0, 0.05) is 38.9 Å². The molecule has 1 amide bonds. The molecule has 0 radical (unpaired) electrons. The molecular formula is C11H18N4O4S. The van der Waals surface area contributed by atoms with Gasteiger partial charge in [-0.25, -0.2) is 8.42 Å². The highest BCUT2D eigenvalue weighted by atomic mass is 32.2. The normalized spacial score (nSPS) is 21.6. The average molecular weight is 302 g/mol. The summed E-state index contributed by atoms with van der Waals surface area (Å²) in [4.78, 5) is 15.7. The molecule has 9 heteroatoms. The number of sulfone groups is 1. The largest absolute Gasteiger partial charge is 0.356 e. The first kappa shape index (κ1) is 14.9. The van der Waals surface area contributed by atoms with E-state index in [1.54, 1.807) is 6.92 Å². The predicted octanol–water partition coefficient (Wildman–Crippen LogP) is -1.19. The third kappa shape index (κ3) is 4.57. The van der Waals surface area contributed by atoms with E-state index >= 15 is 0 Å². The van der Waals surface area contributed by atoms with Gasteiger partial charge in [0.2, 0.25) is 11.8 Å². The molecule has 20 heavy (non-hydrogen) atoms. The van der Waals surface area contributed by atoms with Gasteiger partial charge in [0.15, 0.2) is 15.7 Å². The summed E-state index contributed by atoms with van der Waals surface area (Å²) in [5.74, 6) is 1.01. The van der Waals surface area contributed by atoms with Crippen LogP contribution in [0.15, 0.2) is 4.52 Å². The Morgan fingerprint density at radius 2 is 2.35 bits per heavy atom. The van der Waals surface area contributed by atoms with Gasteiger partial charge in [-0.3, -0.25) is 4.79 Å². The van der Waals surface area contributed by atoms with Crippen LogP contribution in [0.3, 0.4) is 0 Å². The van der Waals surface area contributed by atoms with Crippen molar-refractivity contribution in [1.82, 2.24) is 20.8 Å². The quantitative estimate of drug-likeness (QED) is 0.703. The number of hydrogen-bond donors (Lipinski definition) is 2. The summed E-state index contributed by atoms with van der Waals surface area (Å²) in [6.07, 6.45) is 0.643. The molecule has 112 valence electrons. The molecule has 2 rings (SSSR count). The van der Waals surface area contributed by atoms with Crippen molar-refractivity contribution in [1.29, 1.82) is 0 Å². The zero-order valence-electron chi connectivity index (χ0n) is 11.3. The van der Waals surface area contributed by atoms with E-state index in [1.807, 2.05) is 0 Å². The second-order valence-corrected chi connectivity index (χ2v) is 7.03. The van der Waals surface area contributed by atoms with Crippen LogP contribution < -0.4 is 10.6 Å². The van der Waals surface area contributed by atoms with Crippen molar-refractivity contribution in [3.8, 4) is 0 Å². The van der Waals surface area contributed by atoms with Crippen LogP contribution in [0.1, 0.15) is 18.1 Å². The van der Waals surface area contributed by atoms with Crippen LogP contribution in [0.2, 0.25) is 0 Å². The van der Waals surface area contributed by atoms with Gasteiger partial charge in [0.25, 0.3) is 0 Å². The average Bonchev–Trinajstić information content (AvgIpc) is 2.73. The van der Waals surface area contributed by atoms with Crippen LogP contribution >= 0.6 is 0 Å². The molecule has 1 aromatic rings. The first-order chi connectivity index (χ1) is 9.44. The van der Waals surface area contributed by atoms with E-state index in [0.717, 1.165) is 0 Å². The molecule has 1 fully saturated rings. The van der Waals surface area contributed by atoms with Crippen LogP contribution in [0.5, 0.6) is 0 Å². The number of aromatic nitrogens is 2. The lowest BCUT2D eigenvalue weighted by Gasteiger charge is -2.23. The van der Waals surface area contributed by atoms with E-state index in [4.69, 9.17) is 4.52 Å². The first-order valence-corrected chi connectivity index (χ1v) is 8.26. The molecule has 2 heterocycles. The van der Waals surface area contributed by atoms with E-state index in [9.17, 15) is 13.2 Å². The van der Waals surface area contributed by atoms with E-state index < -0.39 is 9.84 Å². The Kier molecular flexibility index (Phi) is 4.71. The van der Waals surface area contributed by atoms with Crippen LogP contribution in [-0.2, 0) is 21.1 Å². The fraction of sp³-hybridized carbons (Fsp3) is 0.727. The molecule has 0 aromatic carbocycles. The second kappa shape index (κ2) is 6.31. The molecule has 0 spiro atoms. The van der Waals surface area contributed by atoms with Crippen molar-refractivity contribution in [2.45, 2.75) is 25.8 Å². The number of hydrogen-bond acceptors (Lipinski definition) is 7. The van der Waals surface area contributed by atoms with E-state index in [1.165, 1.54) is 0 Å². The van der Waals surface area contributed by atoms with Gasteiger partial charge >= 0.3 is 0 Å². The maximum absolute atomic E-state index is 11.7. The molecule has 0 bridgehead atoms. The standard InChI is InChI=1S/C11H18N4O4S/c1-8-14-10(15-19-8)2-3-13-11(16)6-9-7-20(17,18)5-4-12-9/h9,12H,2-7H2,1H3,(H,13,16). The zero-order valence-corrected chi connectivity index (χ0v) is 12.1. The van der Waals surface area contributed by atoms with Crippen LogP contribution in [0.4, 0.5) is 0 Å². The number of rotatable bonds is 5. The molecule has 0 aliphatic carbocycles. The Morgan fingerprint density at radius 3 is 3.00 bits per heavy atom. The SMILES string of the molecule is Cc1nc(CCNC(=O)CC2CS(=O)(=O)CCN2)no1. The summed E-state index contributed by atoms with van der Waals surface area (Å²) in [6.45, 7) is 2.50. The Morgan fingerprint density at radius 1 is 1.55 bits per heavy atom. The van der Waals surface area contributed by atoms with Gasteiger partial charge in [0.1, 0.15) is 0 Å². The van der Waals surface area contributed by atoms with E-state index in [0.29, 0.717) is 31.2 Å². The lowest BCUT2D eigenvalue weighted by atomic mass is 10.2. The van der Waals surface area contributed by atoms with Crippen molar-refractivity contribution < 1.29 is 17.7 Å². The minimum Gasteiger partial charge on any atom is -0.356 e. The Labute approximate surface area is 117 Å². The van der Waals surface area contributed by atoms with Gasteiger partial charge in [-0.05, 0) is 0 Å². The van der Waals surface area contributed by atoms with Crippen molar-refractivity contribution >= 4 is 15.7 Å². The number of amides is 1. The molecule has 1 aromatic heterocycles. The minimum atomic E-state index is -3.01. The molecule has 2 N–H and O–H groups in total. The predicted molar refractivity (Wildman–Crippen MR) is 70.8 cm³/mol. The molecule has 1 aliphatic heterocycles. The number of carbonyl (C=O) groups excluding carboxylic acids is 1. The summed E-state index contributed by atoms with van der Waals surface area (Å²) in [5.41, 5.74) is 0. The third-order valence-corrected chi connectivity index (χ3v) is 4.71. The van der Waals surface area contributed by atoms with Gasteiger partial charge in [-0.1, -0.05) is 5.16 Å². The van der Waals surface area contributed by atoms with Crippen molar-refractivity contribution in [3.63, 3.8) is 0 Å². The van der Waals surface area contributed by atoms with E-state index in [-0.39, 0.29) is 29.9 Å². The summed E-state index contributed by atoms with van der Waals surface area (Å²) >= 11 is 0. The summed E-state index contributed by atoms with van der Waals surface area (Å²) in [5, 5.41) is 9.48. The van der Waals surface area contributed by atoms with Crippen LogP contribution in [0, 0.1) is 6.92 Å². The monoisotopic (exact) mass is 302 g/mol. The molecule has 1 aliphatic rings. The highest BCUT2D eigenvalue weighted by Gasteiger charge is 2.25. The second-order valence-electron chi connectivity index (χ2n) is 4.80. The van der Waals surface area contributed by atoms with Gasteiger partial charge in [0.05, 0.1) is 11.5 Å². The first-order valence-electron chi connectivity index (χ1n) is 6.44. The molecule has 1 atom stereocenters.